The van der Waals surface area contributed by atoms with Crippen LogP contribution in [0.15, 0.2) is 24.3 Å². The molecule has 0 aromatic heterocycles. The molecular formula is C18H27ClN2O. The summed E-state index contributed by atoms with van der Waals surface area (Å²) in [5, 5.41) is 0.797. The number of halogens is 1. The number of hydrogen-bond donors (Lipinski definition) is 0. The molecule has 122 valence electrons. The smallest absolute Gasteiger partial charge is 0.222 e. The molecule has 1 amide bonds. The third kappa shape index (κ3) is 5.62. The Balaban J connectivity index is 1.65. The number of piperazine rings is 1. The molecule has 0 spiro atoms. The Bertz CT molecular complexity index is 464. The van der Waals surface area contributed by atoms with Crippen LogP contribution in [0, 0.1) is 5.92 Å². The van der Waals surface area contributed by atoms with Gasteiger partial charge >= 0.3 is 0 Å². The van der Waals surface area contributed by atoms with Crippen molar-refractivity contribution < 1.29 is 4.79 Å². The van der Waals surface area contributed by atoms with Gasteiger partial charge in [-0.15, -0.1) is 0 Å². The average Bonchev–Trinajstić information content (AvgIpc) is 2.49. The highest BCUT2D eigenvalue weighted by molar-refractivity contribution is 6.30. The lowest BCUT2D eigenvalue weighted by Crippen LogP contribution is -2.49. The fourth-order valence-corrected chi connectivity index (χ4v) is 2.98. The number of amides is 1. The maximum absolute atomic E-state index is 12.0. The normalized spacial score (nSPS) is 16.3. The van der Waals surface area contributed by atoms with E-state index in [2.05, 4.69) is 30.9 Å². The molecule has 1 aliphatic rings. The lowest BCUT2D eigenvalue weighted by molar-refractivity contribution is -0.133. The lowest BCUT2D eigenvalue weighted by atomic mass is 10.1. The molecular weight excluding hydrogens is 296 g/mol. The molecule has 0 saturated carbocycles. The molecule has 2 rings (SSSR count). The Morgan fingerprint density at radius 2 is 1.77 bits per heavy atom. The van der Waals surface area contributed by atoms with Gasteiger partial charge in [0.25, 0.3) is 0 Å². The van der Waals surface area contributed by atoms with Gasteiger partial charge in [0.05, 0.1) is 0 Å². The first-order chi connectivity index (χ1) is 10.5. The van der Waals surface area contributed by atoms with Crippen molar-refractivity contribution in [1.82, 2.24) is 9.80 Å². The van der Waals surface area contributed by atoms with Crippen LogP contribution in [0.3, 0.4) is 0 Å². The number of hydrogen-bond acceptors (Lipinski definition) is 2. The molecule has 3 nitrogen and oxygen atoms in total. The van der Waals surface area contributed by atoms with E-state index in [0.29, 0.717) is 18.2 Å². The quantitative estimate of drug-likeness (QED) is 0.800. The molecule has 0 N–H and O–H groups in total. The first-order valence-electron chi connectivity index (χ1n) is 8.29. The molecule has 1 aromatic carbocycles. The average molecular weight is 323 g/mol. The first kappa shape index (κ1) is 17.3. The standard InChI is InChI=1S/C18H27ClN2O/c1-15(2)14-18(22)21-12-10-20(11-13-21)9-3-4-16-5-7-17(19)8-6-16/h5-8,15H,3-4,9-14H2,1-2H3. The van der Waals surface area contributed by atoms with Crippen LogP contribution in [0.25, 0.3) is 0 Å². The molecule has 1 fully saturated rings. The molecule has 0 atom stereocenters. The van der Waals surface area contributed by atoms with Crippen molar-refractivity contribution in [2.75, 3.05) is 32.7 Å². The van der Waals surface area contributed by atoms with Gasteiger partial charge in [-0.25, -0.2) is 0 Å². The summed E-state index contributed by atoms with van der Waals surface area (Å²) < 4.78 is 0. The maximum Gasteiger partial charge on any atom is 0.222 e. The molecule has 1 aliphatic heterocycles. The largest absolute Gasteiger partial charge is 0.340 e. The molecule has 0 bridgehead atoms. The van der Waals surface area contributed by atoms with Crippen molar-refractivity contribution in [2.45, 2.75) is 33.1 Å². The maximum atomic E-state index is 12.0. The van der Waals surface area contributed by atoms with Crippen molar-refractivity contribution in [1.29, 1.82) is 0 Å². The van der Waals surface area contributed by atoms with Crippen molar-refractivity contribution in [3.8, 4) is 0 Å². The second-order valence-electron chi connectivity index (χ2n) is 6.55. The summed E-state index contributed by atoms with van der Waals surface area (Å²) in [6.45, 7) is 9.08. The Hall–Kier alpha value is -1.06. The number of carbonyl (C=O) groups excluding carboxylic acids is 1. The van der Waals surface area contributed by atoms with E-state index in [0.717, 1.165) is 50.6 Å². The minimum Gasteiger partial charge on any atom is -0.340 e. The van der Waals surface area contributed by atoms with E-state index in [1.54, 1.807) is 0 Å². The van der Waals surface area contributed by atoms with Crippen LogP contribution in [0.2, 0.25) is 5.02 Å². The number of benzene rings is 1. The molecule has 1 heterocycles. The monoisotopic (exact) mass is 322 g/mol. The van der Waals surface area contributed by atoms with Gasteiger partial charge in [-0.1, -0.05) is 37.6 Å². The van der Waals surface area contributed by atoms with E-state index in [-0.39, 0.29) is 0 Å². The zero-order valence-electron chi connectivity index (χ0n) is 13.7. The van der Waals surface area contributed by atoms with E-state index in [1.165, 1.54) is 5.56 Å². The predicted molar refractivity (Wildman–Crippen MR) is 92.2 cm³/mol. The van der Waals surface area contributed by atoms with E-state index < -0.39 is 0 Å². The lowest BCUT2D eigenvalue weighted by Gasteiger charge is -2.35. The Morgan fingerprint density at radius 3 is 2.36 bits per heavy atom. The second kappa shape index (κ2) is 8.54. The van der Waals surface area contributed by atoms with Crippen molar-refractivity contribution in [3.05, 3.63) is 34.9 Å². The summed E-state index contributed by atoms with van der Waals surface area (Å²) in [6, 6.07) is 8.11. The van der Waals surface area contributed by atoms with Gasteiger partial charge in [0.1, 0.15) is 0 Å². The van der Waals surface area contributed by atoms with Crippen LogP contribution in [0.4, 0.5) is 0 Å². The third-order valence-corrected chi connectivity index (χ3v) is 4.41. The van der Waals surface area contributed by atoms with Gasteiger partial charge in [0.15, 0.2) is 0 Å². The van der Waals surface area contributed by atoms with Gasteiger partial charge < -0.3 is 4.90 Å². The predicted octanol–water partition coefficient (Wildman–Crippen LogP) is 3.46. The minimum absolute atomic E-state index is 0.316. The molecule has 0 aliphatic carbocycles. The summed E-state index contributed by atoms with van der Waals surface area (Å²) in [7, 11) is 0. The highest BCUT2D eigenvalue weighted by atomic mass is 35.5. The topological polar surface area (TPSA) is 23.6 Å². The molecule has 0 unspecified atom stereocenters. The Morgan fingerprint density at radius 1 is 1.14 bits per heavy atom. The van der Waals surface area contributed by atoms with Crippen LogP contribution in [0.5, 0.6) is 0 Å². The van der Waals surface area contributed by atoms with E-state index in [1.807, 2.05) is 17.0 Å². The summed E-state index contributed by atoms with van der Waals surface area (Å²) in [5.41, 5.74) is 1.34. The summed E-state index contributed by atoms with van der Waals surface area (Å²) in [5.74, 6) is 0.765. The second-order valence-corrected chi connectivity index (χ2v) is 6.99. The summed E-state index contributed by atoms with van der Waals surface area (Å²) in [4.78, 5) is 16.5. The summed E-state index contributed by atoms with van der Waals surface area (Å²) >= 11 is 5.90. The third-order valence-electron chi connectivity index (χ3n) is 4.16. The molecule has 4 heteroatoms. The van der Waals surface area contributed by atoms with Gasteiger partial charge in [-0.05, 0) is 43.0 Å². The fourth-order valence-electron chi connectivity index (χ4n) is 2.86. The van der Waals surface area contributed by atoms with Crippen LogP contribution < -0.4 is 0 Å². The number of aryl methyl sites for hydroxylation is 1. The number of nitrogens with zero attached hydrogens (tertiary/aromatic N) is 2. The van der Waals surface area contributed by atoms with E-state index >= 15 is 0 Å². The number of carbonyl (C=O) groups is 1. The van der Waals surface area contributed by atoms with Gasteiger partial charge in [-0.2, -0.15) is 0 Å². The van der Waals surface area contributed by atoms with Crippen molar-refractivity contribution in [3.63, 3.8) is 0 Å². The first-order valence-corrected chi connectivity index (χ1v) is 8.67. The van der Waals surface area contributed by atoms with Crippen LogP contribution in [0.1, 0.15) is 32.3 Å². The molecule has 22 heavy (non-hydrogen) atoms. The van der Waals surface area contributed by atoms with Gasteiger partial charge in [0.2, 0.25) is 5.91 Å². The number of rotatable bonds is 6. The highest BCUT2D eigenvalue weighted by Gasteiger charge is 2.20. The van der Waals surface area contributed by atoms with Crippen LogP contribution >= 0.6 is 11.6 Å². The van der Waals surface area contributed by atoms with Gasteiger partial charge in [0, 0.05) is 37.6 Å². The van der Waals surface area contributed by atoms with E-state index in [9.17, 15) is 4.79 Å². The van der Waals surface area contributed by atoms with Crippen LogP contribution in [-0.4, -0.2) is 48.4 Å². The molecule has 1 aromatic rings. The van der Waals surface area contributed by atoms with E-state index in [4.69, 9.17) is 11.6 Å². The van der Waals surface area contributed by atoms with Crippen molar-refractivity contribution in [2.24, 2.45) is 5.92 Å². The zero-order chi connectivity index (χ0) is 15.9. The molecule has 0 radical (unpaired) electrons. The summed E-state index contributed by atoms with van der Waals surface area (Å²) in [6.07, 6.45) is 2.92. The fraction of sp³-hybridized carbons (Fsp3) is 0.611. The van der Waals surface area contributed by atoms with Gasteiger partial charge in [-0.3, -0.25) is 9.69 Å². The van der Waals surface area contributed by atoms with Crippen LogP contribution in [-0.2, 0) is 11.2 Å². The Kier molecular flexibility index (Phi) is 6.71. The SMILES string of the molecule is CC(C)CC(=O)N1CCN(CCCc2ccc(Cl)cc2)CC1. The zero-order valence-corrected chi connectivity index (χ0v) is 14.5. The van der Waals surface area contributed by atoms with Crippen molar-refractivity contribution >= 4 is 17.5 Å². The molecule has 1 saturated heterocycles. The highest BCUT2D eigenvalue weighted by Crippen LogP contribution is 2.12. The minimum atomic E-state index is 0.316. The Labute approximate surface area is 139 Å².